The first-order chi connectivity index (χ1) is 6.54. The van der Waals surface area contributed by atoms with Crippen molar-refractivity contribution in [2.45, 2.75) is 0 Å². The second-order valence-corrected chi connectivity index (χ2v) is 3.98. The molecule has 0 N–H and O–H groups in total. The summed E-state index contributed by atoms with van der Waals surface area (Å²) in [7, 11) is 0. The summed E-state index contributed by atoms with van der Waals surface area (Å²) in [6.45, 7) is 0. The van der Waals surface area contributed by atoms with Gasteiger partial charge in [-0.3, -0.25) is 0 Å². The molecule has 0 aliphatic rings. The lowest BCUT2D eigenvalue weighted by molar-refractivity contribution is 1.46. The van der Waals surface area contributed by atoms with Gasteiger partial charge in [-0.25, -0.2) is 4.99 Å². The Kier molecular flexibility index (Phi) is 4.03. The lowest BCUT2D eigenvalue weighted by Gasteiger charge is -2.01. The van der Waals surface area contributed by atoms with Crippen molar-refractivity contribution in [1.29, 1.82) is 5.26 Å². The summed E-state index contributed by atoms with van der Waals surface area (Å²) in [6.07, 6.45) is 0. The van der Waals surface area contributed by atoms with Gasteiger partial charge in [0.25, 0.3) is 0 Å². The summed E-state index contributed by atoms with van der Waals surface area (Å²) in [4.78, 5) is 3.71. The van der Waals surface area contributed by atoms with Gasteiger partial charge in [0, 0.05) is 0 Å². The normalized spacial score (nSPS) is 9.36. The van der Waals surface area contributed by atoms with Crippen molar-refractivity contribution in [2.75, 3.05) is 0 Å². The molecule has 0 spiro atoms. The fourth-order valence-corrected chi connectivity index (χ4v) is 1.56. The molecule has 0 saturated heterocycles. The minimum Gasteiger partial charge on any atom is -0.222 e. The first-order valence-electron chi connectivity index (χ1n) is 3.33. The maximum absolute atomic E-state index is 8.60. The minimum absolute atomic E-state index is 0.196. The molecule has 0 unspecified atom stereocenters. The molecule has 0 amide bonds. The van der Waals surface area contributed by atoms with Crippen LogP contribution < -0.4 is 0 Å². The summed E-state index contributed by atoms with van der Waals surface area (Å²) < 4.78 is -0.196. The van der Waals surface area contributed by atoms with Gasteiger partial charge < -0.3 is 0 Å². The van der Waals surface area contributed by atoms with E-state index in [1.54, 1.807) is 0 Å². The first-order valence-corrected chi connectivity index (χ1v) is 4.84. The predicted octanol–water partition coefficient (Wildman–Crippen LogP) is 4.33. The molecule has 0 radical (unpaired) electrons. The van der Waals surface area contributed by atoms with Crippen LogP contribution in [0.25, 0.3) is 0 Å². The largest absolute Gasteiger partial charge is 0.222 e. The van der Waals surface area contributed by atoms with E-state index in [9.17, 15) is 0 Å². The van der Waals surface area contributed by atoms with E-state index >= 15 is 0 Å². The molecule has 72 valence electrons. The maximum atomic E-state index is 8.60. The van der Waals surface area contributed by atoms with Crippen LogP contribution in [-0.4, -0.2) is 4.63 Å². The molecule has 2 nitrogen and oxygen atoms in total. The number of hydrogen-bond acceptors (Lipinski definition) is 2. The van der Waals surface area contributed by atoms with Gasteiger partial charge in [-0.1, -0.05) is 23.2 Å². The van der Waals surface area contributed by atoms with Crippen molar-refractivity contribution in [2.24, 2.45) is 4.99 Å². The third-order valence-electron chi connectivity index (χ3n) is 1.34. The summed E-state index contributed by atoms with van der Waals surface area (Å²) in [5.41, 5.74) is 0.608. The van der Waals surface area contributed by atoms with Crippen molar-refractivity contribution in [3.05, 3.63) is 27.7 Å². The van der Waals surface area contributed by atoms with Gasteiger partial charge in [-0.2, -0.15) is 5.26 Å². The van der Waals surface area contributed by atoms with Gasteiger partial charge in [0.1, 0.15) is 5.69 Å². The SMILES string of the molecule is N#Cc1cc(Cl)c(N=C(Cl)Cl)c(Cl)c1. The molecule has 0 atom stereocenters. The molecule has 1 aromatic rings. The summed E-state index contributed by atoms with van der Waals surface area (Å²) in [5, 5.41) is 9.06. The van der Waals surface area contributed by atoms with Crippen LogP contribution in [0.5, 0.6) is 0 Å². The van der Waals surface area contributed by atoms with Crippen LogP contribution in [0.3, 0.4) is 0 Å². The Balaban J connectivity index is 3.34. The standard InChI is InChI=1S/C8H2Cl4N2/c9-5-1-4(3-13)2-6(10)7(5)14-8(11)12/h1-2H. The molecule has 0 bridgehead atoms. The van der Waals surface area contributed by atoms with Crippen molar-refractivity contribution < 1.29 is 0 Å². The van der Waals surface area contributed by atoms with Gasteiger partial charge in [0.2, 0.25) is 0 Å². The molecule has 0 aromatic heterocycles. The van der Waals surface area contributed by atoms with Crippen LogP contribution in [-0.2, 0) is 0 Å². The smallest absolute Gasteiger partial charge is 0.197 e. The van der Waals surface area contributed by atoms with Crippen LogP contribution in [0.4, 0.5) is 5.69 Å². The fraction of sp³-hybridized carbons (Fsp3) is 0. The van der Waals surface area contributed by atoms with E-state index in [1.165, 1.54) is 12.1 Å². The van der Waals surface area contributed by atoms with Gasteiger partial charge >= 0.3 is 0 Å². The van der Waals surface area contributed by atoms with Crippen molar-refractivity contribution in [3.63, 3.8) is 0 Å². The van der Waals surface area contributed by atoms with Gasteiger partial charge in [-0.15, -0.1) is 0 Å². The molecule has 0 saturated carbocycles. The Morgan fingerprint density at radius 2 is 1.71 bits per heavy atom. The second-order valence-electron chi connectivity index (χ2n) is 2.25. The van der Waals surface area contributed by atoms with E-state index in [0.717, 1.165) is 0 Å². The number of benzene rings is 1. The molecule has 0 aliphatic carbocycles. The highest BCUT2D eigenvalue weighted by atomic mass is 35.5. The van der Waals surface area contributed by atoms with E-state index in [1.807, 2.05) is 6.07 Å². The van der Waals surface area contributed by atoms with Crippen molar-refractivity contribution in [3.8, 4) is 6.07 Å². The van der Waals surface area contributed by atoms with Gasteiger partial charge in [0.05, 0.1) is 21.7 Å². The highest BCUT2D eigenvalue weighted by Crippen LogP contribution is 2.34. The molecular formula is C8H2Cl4N2. The van der Waals surface area contributed by atoms with Crippen LogP contribution in [0.1, 0.15) is 5.56 Å². The topological polar surface area (TPSA) is 36.1 Å². The lowest BCUT2D eigenvalue weighted by atomic mass is 10.2. The minimum atomic E-state index is -0.196. The highest BCUT2D eigenvalue weighted by molar-refractivity contribution is 6.95. The molecule has 6 heteroatoms. The number of rotatable bonds is 1. The van der Waals surface area contributed by atoms with Gasteiger partial charge in [0.15, 0.2) is 4.63 Å². The number of nitrogens with zero attached hydrogens (tertiary/aromatic N) is 2. The Morgan fingerprint density at radius 3 is 2.07 bits per heavy atom. The predicted molar refractivity (Wildman–Crippen MR) is 60.0 cm³/mol. The van der Waals surface area contributed by atoms with Crippen LogP contribution in [0, 0.1) is 11.3 Å². The number of nitriles is 1. The Morgan fingerprint density at radius 1 is 1.21 bits per heavy atom. The molecule has 14 heavy (non-hydrogen) atoms. The molecule has 0 aliphatic heterocycles. The number of hydrogen-bond donors (Lipinski definition) is 0. The number of halogens is 4. The Hall–Kier alpha value is -0.460. The molecule has 1 rings (SSSR count). The Bertz CT molecular complexity index is 406. The van der Waals surface area contributed by atoms with Crippen molar-refractivity contribution >= 4 is 56.7 Å². The average Bonchev–Trinajstić information content (AvgIpc) is 2.10. The first kappa shape index (κ1) is 11.6. The monoisotopic (exact) mass is 266 g/mol. The second kappa shape index (κ2) is 4.86. The van der Waals surface area contributed by atoms with E-state index in [-0.39, 0.29) is 20.4 Å². The van der Waals surface area contributed by atoms with Crippen molar-refractivity contribution in [1.82, 2.24) is 0 Å². The zero-order chi connectivity index (χ0) is 10.7. The quantitative estimate of drug-likeness (QED) is 0.698. The zero-order valence-corrected chi connectivity index (χ0v) is 9.58. The van der Waals surface area contributed by atoms with Crippen LogP contribution in [0.2, 0.25) is 10.0 Å². The van der Waals surface area contributed by atoms with E-state index in [0.29, 0.717) is 5.56 Å². The van der Waals surface area contributed by atoms with Crippen LogP contribution in [0.15, 0.2) is 17.1 Å². The third kappa shape index (κ3) is 2.76. The third-order valence-corrected chi connectivity index (χ3v) is 2.09. The van der Waals surface area contributed by atoms with E-state index in [2.05, 4.69) is 4.99 Å². The zero-order valence-electron chi connectivity index (χ0n) is 6.56. The summed E-state index contributed by atoms with van der Waals surface area (Å²) in [6, 6.07) is 4.77. The van der Waals surface area contributed by atoms with Crippen LogP contribution >= 0.6 is 46.4 Å². The average molecular weight is 268 g/mol. The molecule has 0 heterocycles. The lowest BCUT2D eigenvalue weighted by Crippen LogP contribution is -1.79. The Labute approximate surface area is 101 Å². The summed E-state index contributed by atoms with van der Waals surface area (Å²) in [5.74, 6) is 0. The number of aliphatic imine (C=N–C) groups is 1. The molecular weight excluding hydrogens is 266 g/mol. The highest BCUT2D eigenvalue weighted by Gasteiger charge is 2.07. The maximum Gasteiger partial charge on any atom is 0.197 e. The molecule has 0 fully saturated rings. The fourth-order valence-electron chi connectivity index (χ4n) is 0.821. The van der Waals surface area contributed by atoms with E-state index in [4.69, 9.17) is 51.7 Å². The van der Waals surface area contributed by atoms with Gasteiger partial charge in [-0.05, 0) is 35.3 Å². The molecule has 1 aromatic carbocycles. The summed E-state index contributed by atoms with van der Waals surface area (Å²) >= 11 is 22.3. The van der Waals surface area contributed by atoms with E-state index < -0.39 is 0 Å².